The quantitative estimate of drug-likeness (QED) is 0.480. The van der Waals surface area contributed by atoms with Crippen molar-refractivity contribution in [1.82, 2.24) is 29.0 Å². The summed E-state index contributed by atoms with van der Waals surface area (Å²) in [6.45, 7) is 4.95. The van der Waals surface area contributed by atoms with E-state index in [9.17, 15) is 9.90 Å². The van der Waals surface area contributed by atoms with Gasteiger partial charge in [0.05, 0.1) is 22.2 Å². The predicted molar refractivity (Wildman–Crippen MR) is 123 cm³/mol. The number of rotatable bonds is 5. The number of aromatic nitrogens is 5. The van der Waals surface area contributed by atoms with E-state index in [1.165, 1.54) is 0 Å². The number of aliphatic hydroxyl groups is 1. The molecule has 0 amide bonds. The summed E-state index contributed by atoms with van der Waals surface area (Å²) in [7, 11) is 0. The van der Waals surface area contributed by atoms with Gasteiger partial charge in [0.2, 0.25) is 11.7 Å². The molecule has 1 saturated heterocycles. The van der Waals surface area contributed by atoms with Crippen LogP contribution in [0.5, 0.6) is 0 Å². The maximum atomic E-state index is 13.8. The summed E-state index contributed by atoms with van der Waals surface area (Å²) < 4.78 is 8.97. The molecule has 10 heteroatoms. The molecule has 4 aromatic rings. The van der Waals surface area contributed by atoms with Crippen LogP contribution in [0.25, 0.3) is 28.1 Å². The summed E-state index contributed by atoms with van der Waals surface area (Å²) in [5.41, 5.74) is 2.11. The van der Waals surface area contributed by atoms with Crippen molar-refractivity contribution in [2.45, 2.75) is 44.8 Å². The molecular formula is C23H25ClN6O3. The fourth-order valence-corrected chi connectivity index (χ4v) is 5.11. The number of fused-ring (bicyclic) bond motifs is 3. The highest BCUT2D eigenvalue weighted by Gasteiger charge is 2.39. The number of benzene rings is 1. The molecule has 4 heterocycles. The number of para-hydroxylation sites is 1. The van der Waals surface area contributed by atoms with Crippen LogP contribution in [0, 0.1) is 5.92 Å². The maximum Gasteiger partial charge on any atom is 0.277 e. The third kappa shape index (κ3) is 3.55. The van der Waals surface area contributed by atoms with Crippen LogP contribution >= 0.6 is 11.6 Å². The fraction of sp³-hybridized carbons (Fsp3) is 0.478. The Bertz CT molecular complexity index is 1400. The van der Waals surface area contributed by atoms with Crippen LogP contribution in [0.15, 0.2) is 33.8 Å². The van der Waals surface area contributed by atoms with Gasteiger partial charge in [-0.2, -0.15) is 4.98 Å². The zero-order valence-corrected chi connectivity index (χ0v) is 19.1. The molecule has 0 spiro atoms. The summed E-state index contributed by atoms with van der Waals surface area (Å²) in [5, 5.41) is 14.4. The molecule has 2 fully saturated rings. The van der Waals surface area contributed by atoms with Crippen molar-refractivity contribution in [1.29, 1.82) is 0 Å². The average molecular weight is 469 g/mol. The number of hydrogen-bond donors (Lipinski definition) is 1. The number of hydrogen-bond acceptors (Lipinski definition) is 7. The van der Waals surface area contributed by atoms with Gasteiger partial charge in [0.1, 0.15) is 17.5 Å². The Labute approximate surface area is 194 Å². The van der Waals surface area contributed by atoms with Gasteiger partial charge in [-0.3, -0.25) is 9.20 Å². The average Bonchev–Trinajstić information content (AvgIpc) is 3.19. The summed E-state index contributed by atoms with van der Waals surface area (Å²) in [6, 6.07) is 5.59. The lowest BCUT2D eigenvalue weighted by atomic mass is 10.1. The Morgan fingerprint density at radius 1 is 1.21 bits per heavy atom. The highest BCUT2D eigenvalue weighted by molar-refractivity contribution is 6.35. The molecule has 1 aliphatic heterocycles. The van der Waals surface area contributed by atoms with Gasteiger partial charge in [0.15, 0.2) is 0 Å². The molecule has 0 radical (unpaired) electrons. The summed E-state index contributed by atoms with van der Waals surface area (Å²) in [5.74, 6) is 1.77. The molecule has 33 heavy (non-hydrogen) atoms. The van der Waals surface area contributed by atoms with Gasteiger partial charge in [-0.25, -0.2) is 4.98 Å². The molecule has 1 saturated carbocycles. The van der Waals surface area contributed by atoms with Crippen molar-refractivity contribution < 1.29 is 9.63 Å². The first-order chi connectivity index (χ1) is 16.0. The van der Waals surface area contributed by atoms with Gasteiger partial charge >= 0.3 is 0 Å². The van der Waals surface area contributed by atoms with E-state index < -0.39 is 0 Å². The Balaban J connectivity index is 1.45. The smallest absolute Gasteiger partial charge is 0.277 e. The summed E-state index contributed by atoms with van der Waals surface area (Å²) in [4.78, 5) is 25.1. The number of halogens is 1. The second-order valence-corrected chi connectivity index (χ2v) is 9.63. The highest BCUT2D eigenvalue weighted by Crippen LogP contribution is 2.46. The Morgan fingerprint density at radius 2 is 2.00 bits per heavy atom. The first-order valence-electron chi connectivity index (χ1n) is 11.4. The first kappa shape index (κ1) is 20.8. The van der Waals surface area contributed by atoms with Gasteiger partial charge in [0.25, 0.3) is 5.56 Å². The standard InChI is InChI=1S/C23H25ClN6O3/c1-13-11-15(13)22-26-21(27-33-22)18-20-23(32)29(10-9-28-7-5-14(31)6-8-28)19-16(24)3-2-4-17(19)30(20)12-25-18/h2-4,12-15,31H,5-11H2,1H3. The van der Waals surface area contributed by atoms with E-state index in [4.69, 9.17) is 16.1 Å². The number of imidazole rings is 1. The van der Waals surface area contributed by atoms with E-state index in [0.717, 1.165) is 37.9 Å². The molecule has 6 rings (SSSR count). The third-order valence-electron chi connectivity index (χ3n) is 6.99. The molecular weight excluding hydrogens is 444 g/mol. The maximum absolute atomic E-state index is 13.8. The van der Waals surface area contributed by atoms with Gasteiger partial charge in [0, 0.05) is 32.1 Å². The van der Waals surface area contributed by atoms with Crippen LogP contribution in [0.3, 0.4) is 0 Å². The Hall–Kier alpha value is -2.75. The lowest BCUT2D eigenvalue weighted by Crippen LogP contribution is -2.39. The number of piperidine rings is 1. The molecule has 172 valence electrons. The minimum Gasteiger partial charge on any atom is -0.393 e. The Kier molecular flexibility index (Phi) is 5.01. The molecule has 2 atom stereocenters. The van der Waals surface area contributed by atoms with Crippen molar-refractivity contribution in [2.75, 3.05) is 19.6 Å². The largest absolute Gasteiger partial charge is 0.393 e. The van der Waals surface area contributed by atoms with E-state index in [-0.39, 0.29) is 11.7 Å². The summed E-state index contributed by atoms with van der Waals surface area (Å²) >= 11 is 6.58. The van der Waals surface area contributed by atoms with Gasteiger partial charge < -0.3 is 19.1 Å². The summed E-state index contributed by atoms with van der Waals surface area (Å²) in [6.07, 6.45) is 3.93. The molecule has 9 nitrogen and oxygen atoms in total. The minimum atomic E-state index is -0.233. The van der Waals surface area contributed by atoms with E-state index in [1.54, 1.807) is 21.4 Å². The van der Waals surface area contributed by atoms with Crippen molar-refractivity contribution in [2.24, 2.45) is 5.92 Å². The molecule has 2 aliphatic rings. The topological polar surface area (TPSA) is 102 Å². The molecule has 2 unspecified atom stereocenters. The first-order valence-corrected chi connectivity index (χ1v) is 11.8. The van der Waals surface area contributed by atoms with Crippen molar-refractivity contribution in [3.05, 3.63) is 45.8 Å². The molecule has 3 aromatic heterocycles. The van der Waals surface area contributed by atoms with Gasteiger partial charge in [-0.1, -0.05) is 29.7 Å². The van der Waals surface area contributed by atoms with Crippen LogP contribution in [-0.2, 0) is 6.54 Å². The predicted octanol–water partition coefficient (Wildman–Crippen LogP) is 2.93. The zero-order valence-electron chi connectivity index (χ0n) is 18.3. The number of aliphatic hydroxyl groups excluding tert-OH is 1. The number of nitrogens with zero attached hydrogens (tertiary/aromatic N) is 6. The van der Waals surface area contributed by atoms with Crippen LogP contribution < -0.4 is 5.56 Å². The van der Waals surface area contributed by atoms with Crippen LogP contribution in [0.4, 0.5) is 0 Å². The molecule has 1 N–H and O–H groups in total. The lowest BCUT2D eigenvalue weighted by Gasteiger charge is -2.29. The van der Waals surface area contributed by atoms with Crippen molar-refractivity contribution >= 4 is 28.2 Å². The molecule has 0 bridgehead atoms. The minimum absolute atomic E-state index is 0.189. The Morgan fingerprint density at radius 3 is 2.76 bits per heavy atom. The van der Waals surface area contributed by atoms with Crippen molar-refractivity contribution in [3.8, 4) is 11.5 Å². The third-order valence-corrected chi connectivity index (χ3v) is 7.29. The van der Waals surface area contributed by atoms with Crippen LogP contribution in [0.2, 0.25) is 5.02 Å². The molecule has 1 aromatic carbocycles. The van der Waals surface area contributed by atoms with Gasteiger partial charge in [-0.15, -0.1) is 0 Å². The van der Waals surface area contributed by atoms with Crippen LogP contribution in [0.1, 0.15) is 38.0 Å². The lowest BCUT2D eigenvalue weighted by molar-refractivity contribution is 0.0810. The van der Waals surface area contributed by atoms with Gasteiger partial charge in [-0.05, 0) is 37.3 Å². The van der Waals surface area contributed by atoms with Crippen molar-refractivity contribution in [3.63, 3.8) is 0 Å². The zero-order chi connectivity index (χ0) is 22.7. The molecule has 1 aliphatic carbocycles. The van der Waals surface area contributed by atoms with E-state index in [1.807, 2.05) is 12.1 Å². The SMILES string of the molecule is CC1CC1c1nc(-c2ncn3c2c(=O)n(CCN2CCC(O)CC2)c2c(Cl)cccc23)no1. The second-order valence-electron chi connectivity index (χ2n) is 9.22. The monoisotopic (exact) mass is 468 g/mol. The van der Waals surface area contributed by atoms with E-state index >= 15 is 0 Å². The highest BCUT2D eigenvalue weighted by atomic mass is 35.5. The second kappa shape index (κ2) is 7.93. The van der Waals surface area contributed by atoms with Crippen LogP contribution in [-0.4, -0.2) is 59.8 Å². The number of likely N-dealkylation sites (tertiary alicyclic amines) is 1. The van der Waals surface area contributed by atoms with E-state index in [2.05, 4.69) is 26.9 Å². The van der Waals surface area contributed by atoms with E-state index in [0.29, 0.717) is 58.4 Å². The normalized spacial score (nSPS) is 21.9. The fourth-order valence-electron chi connectivity index (χ4n) is 4.84.